The van der Waals surface area contributed by atoms with Crippen LogP contribution in [0.5, 0.6) is 0 Å². The SMILES string of the molecule is CCC1(CC)NC(=O)N(CC(=O)NC(C)CCc2ccccc2)C1=O. The lowest BCUT2D eigenvalue weighted by molar-refractivity contribution is -0.135. The van der Waals surface area contributed by atoms with E-state index in [2.05, 4.69) is 22.8 Å². The Labute approximate surface area is 149 Å². The minimum Gasteiger partial charge on any atom is -0.352 e. The molecule has 1 saturated heterocycles. The van der Waals surface area contributed by atoms with E-state index < -0.39 is 11.6 Å². The first-order chi connectivity index (χ1) is 11.9. The van der Waals surface area contributed by atoms with E-state index in [0.717, 1.165) is 17.7 Å². The average molecular weight is 345 g/mol. The van der Waals surface area contributed by atoms with Crippen LogP contribution >= 0.6 is 0 Å². The van der Waals surface area contributed by atoms with Crippen LogP contribution in [0.4, 0.5) is 4.79 Å². The van der Waals surface area contributed by atoms with Crippen molar-refractivity contribution in [1.29, 1.82) is 0 Å². The third-order valence-corrected chi connectivity index (χ3v) is 4.87. The molecule has 4 amide bonds. The van der Waals surface area contributed by atoms with Crippen LogP contribution in [0.15, 0.2) is 30.3 Å². The zero-order valence-corrected chi connectivity index (χ0v) is 15.2. The summed E-state index contributed by atoms with van der Waals surface area (Å²) in [6.07, 6.45) is 2.68. The fourth-order valence-electron chi connectivity index (χ4n) is 3.11. The van der Waals surface area contributed by atoms with Gasteiger partial charge in [0.1, 0.15) is 12.1 Å². The number of nitrogens with zero attached hydrogens (tertiary/aromatic N) is 1. The van der Waals surface area contributed by atoms with E-state index in [9.17, 15) is 14.4 Å². The molecule has 1 atom stereocenters. The Morgan fingerprint density at radius 3 is 2.40 bits per heavy atom. The molecule has 6 nitrogen and oxygen atoms in total. The van der Waals surface area contributed by atoms with Gasteiger partial charge in [0.05, 0.1) is 0 Å². The first-order valence-corrected chi connectivity index (χ1v) is 8.89. The number of carbonyl (C=O) groups excluding carboxylic acids is 3. The second kappa shape index (κ2) is 8.14. The minimum atomic E-state index is -0.865. The van der Waals surface area contributed by atoms with Crippen molar-refractivity contribution in [2.24, 2.45) is 0 Å². The van der Waals surface area contributed by atoms with Crippen molar-refractivity contribution < 1.29 is 14.4 Å². The third kappa shape index (κ3) is 4.38. The number of imide groups is 1. The zero-order valence-electron chi connectivity index (χ0n) is 15.2. The van der Waals surface area contributed by atoms with Gasteiger partial charge in [0, 0.05) is 6.04 Å². The largest absolute Gasteiger partial charge is 0.352 e. The van der Waals surface area contributed by atoms with Crippen molar-refractivity contribution in [2.75, 3.05) is 6.54 Å². The molecule has 1 aromatic rings. The maximum atomic E-state index is 12.5. The quantitative estimate of drug-likeness (QED) is 0.709. The maximum Gasteiger partial charge on any atom is 0.325 e. The molecule has 1 unspecified atom stereocenters. The fourth-order valence-corrected chi connectivity index (χ4v) is 3.11. The Hall–Kier alpha value is -2.37. The van der Waals surface area contributed by atoms with Gasteiger partial charge in [0.25, 0.3) is 5.91 Å². The normalized spacial score (nSPS) is 17.3. The highest BCUT2D eigenvalue weighted by atomic mass is 16.2. The Balaban J connectivity index is 1.85. The molecule has 1 aromatic carbocycles. The minimum absolute atomic E-state index is 0.0319. The number of rotatable bonds is 8. The van der Waals surface area contributed by atoms with Crippen molar-refractivity contribution in [1.82, 2.24) is 15.5 Å². The Morgan fingerprint density at radius 1 is 1.20 bits per heavy atom. The standard InChI is InChI=1S/C19H27N3O3/c1-4-19(5-2)17(24)22(18(25)21-19)13-16(23)20-14(3)11-12-15-9-7-6-8-10-15/h6-10,14H,4-5,11-13H2,1-3H3,(H,20,23)(H,21,25). The summed E-state index contributed by atoms with van der Waals surface area (Å²) < 4.78 is 0. The van der Waals surface area contributed by atoms with Crippen LogP contribution in [0.25, 0.3) is 0 Å². The molecule has 2 N–H and O–H groups in total. The molecule has 0 aromatic heterocycles. The molecule has 1 aliphatic heterocycles. The summed E-state index contributed by atoms with van der Waals surface area (Å²) in [6, 6.07) is 9.54. The molecule has 2 rings (SSSR count). The maximum absolute atomic E-state index is 12.5. The van der Waals surface area contributed by atoms with E-state index in [1.54, 1.807) is 0 Å². The van der Waals surface area contributed by atoms with Gasteiger partial charge < -0.3 is 10.6 Å². The van der Waals surface area contributed by atoms with Gasteiger partial charge in [-0.15, -0.1) is 0 Å². The van der Waals surface area contributed by atoms with Gasteiger partial charge >= 0.3 is 6.03 Å². The van der Waals surface area contributed by atoms with E-state index in [0.29, 0.717) is 12.8 Å². The second-order valence-electron chi connectivity index (χ2n) is 6.60. The molecular formula is C19H27N3O3. The summed E-state index contributed by atoms with van der Waals surface area (Å²) in [7, 11) is 0. The van der Waals surface area contributed by atoms with Gasteiger partial charge in [-0.25, -0.2) is 4.79 Å². The summed E-state index contributed by atoms with van der Waals surface area (Å²) in [4.78, 5) is 37.8. The zero-order chi connectivity index (χ0) is 18.4. The highest BCUT2D eigenvalue weighted by Gasteiger charge is 2.49. The van der Waals surface area contributed by atoms with Crippen LogP contribution in [0, 0.1) is 0 Å². The molecule has 1 fully saturated rings. The number of nitrogens with one attached hydrogen (secondary N) is 2. The number of hydrogen-bond acceptors (Lipinski definition) is 3. The van der Waals surface area contributed by atoms with Crippen molar-refractivity contribution in [3.63, 3.8) is 0 Å². The van der Waals surface area contributed by atoms with Crippen molar-refractivity contribution in [3.05, 3.63) is 35.9 Å². The highest BCUT2D eigenvalue weighted by Crippen LogP contribution is 2.24. The summed E-state index contributed by atoms with van der Waals surface area (Å²) in [5.41, 5.74) is 0.351. The van der Waals surface area contributed by atoms with Crippen LogP contribution in [-0.2, 0) is 16.0 Å². The van der Waals surface area contributed by atoms with Gasteiger partial charge in [0.2, 0.25) is 5.91 Å². The smallest absolute Gasteiger partial charge is 0.325 e. The summed E-state index contributed by atoms with van der Waals surface area (Å²) in [5, 5.41) is 5.60. The fraction of sp³-hybridized carbons (Fsp3) is 0.526. The Bertz CT molecular complexity index is 626. The van der Waals surface area contributed by atoms with Crippen molar-refractivity contribution in [2.45, 2.75) is 58.0 Å². The number of aryl methyl sites for hydroxylation is 1. The lowest BCUT2D eigenvalue weighted by Gasteiger charge is -2.23. The van der Waals surface area contributed by atoms with E-state index in [1.165, 1.54) is 5.56 Å². The van der Waals surface area contributed by atoms with E-state index in [-0.39, 0.29) is 24.4 Å². The summed E-state index contributed by atoms with van der Waals surface area (Å²) in [5.74, 6) is -0.623. The summed E-state index contributed by atoms with van der Waals surface area (Å²) in [6.45, 7) is 5.41. The average Bonchev–Trinajstić information content (AvgIpc) is 2.85. The van der Waals surface area contributed by atoms with Crippen LogP contribution in [0.3, 0.4) is 0 Å². The number of carbonyl (C=O) groups is 3. The molecule has 0 spiro atoms. The Kier molecular flexibility index (Phi) is 6.17. The molecular weight excluding hydrogens is 318 g/mol. The highest BCUT2D eigenvalue weighted by molar-refractivity contribution is 6.08. The summed E-state index contributed by atoms with van der Waals surface area (Å²) >= 11 is 0. The predicted molar refractivity (Wildman–Crippen MR) is 95.9 cm³/mol. The van der Waals surface area contributed by atoms with Crippen molar-refractivity contribution >= 4 is 17.8 Å². The first kappa shape index (κ1) is 19.0. The molecule has 0 bridgehead atoms. The molecule has 1 aliphatic rings. The monoisotopic (exact) mass is 345 g/mol. The van der Waals surface area contributed by atoms with Crippen LogP contribution in [0.2, 0.25) is 0 Å². The lowest BCUT2D eigenvalue weighted by Crippen LogP contribution is -2.47. The molecule has 0 aliphatic carbocycles. The molecule has 6 heteroatoms. The molecule has 1 heterocycles. The van der Waals surface area contributed by atoms with Gasteiger partial charge in [0.15, 0.2) is 0 Å². The van der Waals surface area contributed by atoms with E-state index >= 15 is 0 Å². The van der Waals surface area contributed by atoms with Crippen molar-refractivity contribution in [3.8, 4) is 0 Å². The first-order valence-electron chi connectivity index (χ1n) is 8.89. The number of urea groups is 1. The predicted octanol–water partition coefficient (Wildman–Crippen LogP) is 2.23. The second-order valence-corrected chi connectivity index (χ2v) is 6.60. The number of hydrogen-bond donors (Lipinski definition) is 2. The van der Waals surface area contributed by atoms with Gasteiger partial charge in [-0.2, -0.15) is 0 Å². The van der Waals surface area contributed by atoms with Crippen LogP contribution < -0.4 is 10.6 Å². The topological polar surface area (TPSA) is 78.5 Å². The number of benzene rings is 1. The van der Waals surface area contributed by atoms with Gasteiger partial charge in [-0.1, -0.05) is 44.2 Å². The Morgan fingerprint density at radius 2 is 1.84 bits per heavy atom. The van der Waals surface area contributed by atoms with E-state index in [4.69, 9.17) is 0 Å². The lowest BCUT2D eigenvalue weighted by atomic mass is 9.93. The van der Waals surface area contributed by atoms with Crippen LogP contribution in [-0.4, -0.2) is 40.9 Å². The third-order valence-electron chi connectivity index (χ3n) is 4.87. The molecule has 25 heavy (non-hydrogen) atoms. The number of amides is 4. The molecule has 0 radical (unpaired) electrons. The van der Waals surface area contributed by atoms with E-state index in [1.807, 2.05) is 39.0 Å². The molecule has 136 valence electrons. The van der Waals surface area contributed by atoms with Gasteiger partial charge in [-0.3, -0.25) is 14.5 Å². The van der Waals surface area contributed by atoms with Gasteiger partial charge in [-0.05, 0) is 38.2 Å². The van der Waals surface area contributed by atoms with Crippen LogP contribution in [0.1, 0.15) is 45.6 Å². The molecule has 0 saturated carbocycles.